The van der Waals surface area contributed by atoms with E-state index in [0.717, 1.165) is 12.8 Å². The second-order valence-electron chi connectivity index (χ2n) is 7.12. The van der Waals surface area contributed by atoms with Crippen LogP contribution in [0.3, 0.4) is 0 Å². The van der Waals surface area contributed by atoms with Gasteiger partial charge in [-0.05, 0) is 30.9 Å². The standard InChI is InChI=1S/C18H21N3O6S/c1-12-5-4-8-21(9-12)16(22)11-28(23,24)18-20-19-17(27-18)15-10-25-13-6-2-3-7-14(13)26-15/h2-3,6-7,12,15H,4-5,8-11H2,1H3. The Labute approximate surface area is 162 Å². The van der Waals surface area contributed by atoms with Crippen molar-refractivity contribution in [1.29, 1.82) is 0 Å². The highest BCUT2D eigenvalue weighted by Crippen LogP contribution is 2.35. The number of para-hydroxylation sites is 2. The number of ether oxygens (including phenoxy) is 2. The third-order valence-corrected chi connectivity index (χ3v) is 6.12. The van der Waals surface area contributed by atoms with Crippen molar-refractivity contribution in [2.75, 3.05) is 25.4 Å². The van der Waals surface area contributed by atoms with E-state index in [1.807, 2.05) is 13.0 Å². The van der Waals surface area contributed by atoms with Gasteiger partial charge in [-0.2, -0.15) is 0 Å². The minimum Gasteiger partial charge on any atom is -0.485 e. The lowest BCUT2D eigenvalue weighted by Crippen LogP contribution is -2.42. The van der Waals surface area contributed by atoms with E-state index < -0.39 is 32.8 Å². The number of piperidine rings is 1. The van der Waals surface area contributed by atoms with Gasteiger partial charge < -0.3 is 18.8 Å². The van der Waals surface area contributed by atoms with E-state index in [-0.39, 0.29) is 12.5 Å². The summed E-state index contributed by atoms with van der Waals surface area (Å²) in [7, 11) is -4.03. The average molecular weight is 407 g/mol. The number of hydrogen-bond acceptors (Lipinski definition) is 8. The maximum absolute atomic E-state index is 12.5. The number of fused-ring (bicyclic) bond motifs is 1. The van der Waals surface area contributed by atoms with Crippen LogP contribution in [0.1, 0.15) is 31.8 Å². The Morgan fingerprint density at radius 3 is 2.82 bits per heavy atom. The Morgan fingerprint density at radius 2 is 2.04 bits per heavy atom. The highest BCUT2D eigenvalue weighted by atomic mass is 32.2. The molecular weight excluding hydrogens is 386 g/mol. The molecule has 1 aromatic heterocycles. The van der Waals surface area contributed by atoms with Crippen LogP contribution in [-0.2, 0) is 14.6 Å². The van der Waals surface area contributed by atoms with Crippen LogP contribution in [0.4, 0.5) is 0 Å². The molecule has 0 N–H and O–H groups in total. The molecule has 3 heterocycles. The predicted molar refractivity (Wildman–Crippen MR) is 96.6 cm³/mol. The summed E-state index contributed by atoms with van der Waals surface area (Å²) in [6, 6.07) is 7.11. The van der Waals surface area contributed by atoms with Crippen LogP contribution in [0.5, 0.6) is 11.5 Å². The molecule has 1 saturated heterocycles. The fourth-order valence-electron chi connectivity index (χ4n) is 3.35. The van der Waals surface area contributed by atoms with Crippen molar-refractivity contribution in [3.63, 3.8) is 0 Å². The summed E-state index contributed by atoms with van der Waals surface area (Å²) < 4.78 is 41.7. The van der Waals surface area contributed by atoms with Crippen LogP contribution in [0.15, 0.2) is 33.9 Å². The van der Waals surface area contributed by atoms with Gasteiger partial charge in [0.1, 0.15) is 12.4 Å². The third kappa shape index (κ3) is 3.82. The number of carbonyl (C=O) groups excluding carboxylic acids is 1. The van der Waals surface area contributed by atoms with E-state index in [1.54, 1.807) is 23.1 Å². The van der Waals surface area contributed by atoms with Gasteiger partial charge in [0, 0.05) is 13.1 Å². The molecule has 2 aliphatic rings. The molecular formula is C18H21N3O6S. The van der Waals surface area contributed by atoms with Gasteiger partial charge in [0.05, 0.1) is 0 Å². The fourth-order valence-corrected chi connectivity index (χ4v) is 4.36. The second kappa shape index (κ2) is 7.42. The Morgan fingerprint density at radius 1 is 1.25 bits per heavy atom. The first-order valence-electron chi connectivity index (χ1n) is 9.15. The molecule has 0 radical (unpaired) electrons. The van der Waals surface area contributed by atoms with Crippen molar-refractivity contribution >= 4 is 15.7 Å². The molecule has 0 spiro atoms. The molecule has 10 heteroatoms. The highest BCUT2D eigenvalue weighted by molar-refractivity contribution is 7.91. The average Bonchev–Trinajstić information content (AvgIpc) is 3.18. The van der Waals surface area contributed by atoms with E-state index in [1.165, 1.54) is 0 Å². The van der Waals surface area contributed by atoms with Gasteiger partial charge in [0.2, 0.25) is 21.8 Å². The SMILES string of the molecule is CC1CCCN(C(=O)CS(=O)(=O)c2nnc(C3COc4ccccc4O3)o2)C1. The third-order valence-electron chi connectivity index (χ3n) is 4.80. The van der Waals surface area contributed by atoms with Gasteiger partial charge in [-0.15, -0.1) is 5.10 Å². The Hall–Kier alpha value is -2.62. The first kappa shape index (κ1) is 18.7. The summed E-state index contributed by atoms with van der Waals surface area (Å²) in [6.07, 6.45) is 1.19. The minimum absolute atomic E-state index is 0.00729. The van der Waals surface area contributed by atoms with Crippen molar-refractivity contribution in [2.45, 2.75) is 31.1 Å². The molecule has 2 atom stereocenters. The zero-order valence-electron chi connectivity index (χ0n) is 15.4. The lowest BCUT2D eigenvalue weighted by Gasteiger charge is -2.30. The first-order valence-corrected chi connectivity index (χ1v) is 10.8. The van der Waals surface area contributed by atoms with Crippen molar-refractivity contribution < 1.29 is 27.1 Å². The van der Waals surface area contributed by atoms with Crippen LogP contribution < -0.4 is 9.47 Å². The number of aromatic nitrogens is 2. The van der Waals surface area contributed by atoms with E-state index in [4.69, 9.17) is 13.9 Å². The number of amides is 1. The molecule has 4 rings (SSSR count). The lowest BCUT2D eigenvalue weighted by molar-refractivity contribution is -0.130. The van der Waals surface area contributed by atoms with Crippen molar-refractivity contribution in [2.24, 2.45) is 5.92 Å². The van der Waals surface area contributed by atoms with E-state index in [2.05, 4.69) is 10.2 Å². The first-order chi connectivity index (χ1) is 13.4. The van der Waals surface area contributed by atoms with Crippen molar-refractivity contribution in [3.05, 3.63) is 30.2 Å². The number of carbonyl (C=O) groups is 1. The van der Waals surface area contributed by atoms with Crippen LogP contribution >= 0.6 is 0 Å². The van der Waals surface area contributed by atoms with E-state index in [0.29, 0.717) is 30.5 Å². The molecule has 2 aliphatic heterocycles. The van der Waals surface area contributed by atoms with Crippen LogP contribution in [0.2, 0.25) is 0 Å². The Kier molecular flexibility index (Phi) is 4.96. The number of likely N-dealkylation sites (tertiary alicyclic amines) is 1. The molecule has 28 heavy (non-hydrogen) atoms. The molecule has 9 nitrogen and oxygen atoms in total. The Balaban J connectivity index is 1.45. The van der Waals surface area contributed by atoms with E-state index in [9.17, 15) is 13.2 Å². The van der Waals surface area contributed by atoms with Crippen LogP contribution in [-0.4, -0.2) is 54.9 Å². The molecule has 0 bridgehead atoms. The normalized spacial score (nSPS) is 22.1. The van der Waals surface area contributed by atoms with Gasteiger partial charge in [-0.25, -0.2) is 8.42 Å². The molecule has 0 aliphatic carbocycles. The molecule has 1 fully saturated rings. The number of rotatable bonds is 4. The van der Waals surface area contributed by atoms with Gasteiger partial charge >= 0.3 is 5.22 Å². The molecule has 0 saturated carbocycles. The molecule has 1 amide bonds. The smallest absolute Gasteiger partial charge is 0.336 e. The lowest BCUT2D eigenvalue weighted by atomic mass is 10.0. The van der Waals surface area contributed by atoms with Crippen LogP contribution in [0.25, 0.3) is 0 Å². The number of nitrogens with zero attached hydrogens (tertiary/aromatic N) is 3. The highest BCUT2D eigenvalue weighted by Gasteiger charge is 2.33. The largest absolute Gasteiger partial charge is 0.485 e. The van der Waals surface area contributed by atoms with Gasteiger partial charge in [0.25, 0.3) is 5.89 Å². The van der Waals surface area contributed by atoms with Gasteiger partial charge in [0.15, 0.2) is 11.5 Å². The summed E-state index contributed by atoms with van der Waals surface area (Å²) in [6.45, 7) is 3.29. The zero-order chi connectivity index (χ0) is 19.7. The summed E-state index contributed by atoms with van der Waals surface area (Å²) in [5.41, 5.74) is 0. The van der Waals surface area contributed by atoms with Crippen LogP contribution in [0, 0.1) is 5.92 Å². The topological polar surface area (TPSA) is 112 Å². The maximum Gasteiger partial charge on any atom is 0.336 e. The number of benzene rings is 1. The van der Waals surface area contributed by atoms with Crippen molar-refractivity contribution in [3.8, 4) is 11.5 Å². The molecule has 2 unspecified atom stereocenters. The fraction of sp³-hybridized carbons (Fsp3) is 0.500. The quantitative estimate of drug-likeness (QED) is 0.751. The van der Waals surface area contributed by atoms with Crippen molar-refractivity contribution in [1.82, 2.24) is 15.1 Å². The minimum atomic E-state index is -4.03. The number of hydrogen-bond donors (Lipinski definition) is 0. The Bertz CT molecular complexity index is 973. The zero-order valence-corrected chi connectivity index (χ0v) is 16.2. The molecule has 150 valence electrons. The summed E-state index contributed by atoms with van der Waals surface area (Å²) in [5, 5.41) is 6.83. The van der Waals surface area contributed by atoms with Gasteiger partial charge in [-0.1, -0.05) is 24.2 Å². The molecule has 1 aromatic carbocycles. The molecule has 2 aromatic rings. The predicted octanol–water partition coefficient (Wildman–Crippen LogP) is 1.61. The second-order valence-corrected chi connectivity index (χ2v) is 8.98. The summed E-state index contributed by atoms with van der Waals surface area (Å²) in [5.74, 6) is 0.321. The van der Waals surface area contributed by atoms with Gasteiger partial charge in [-0.3, -0.25) is 4.79 Å². The number of sulfone groups is 1. The summed E-state index contributed by atoms with van der Waals surface area (Å²) in [4.78, 5) is 14.0. The van der Waals surface area contributed by atoms with E-state index >= 15 is 0 Å². The maximum atomic E-state index is 12.5. The monoisotopic (exact) mass is 407 g/mol. The summed E-state index contributed by atoms with van der Waals surface area (Å²) >= 11 is 0.